The molecule has 2 aromatic carbocycles. The molecule has 3 heteroatoms. The van der Waals surface area contributed by atoms with Gasteiger partial charge in [0.15, 0.2) is 0 Å². The molecule has 1 unspecified atom stereocenters. The average Bonchev–Trinajstić information content (AvgIpc) is 2.53. The van der Waals surface area contributed by atoms with Crippen molar-refractivity contribution in [3.05, 3.63) is 64.5 Å². The quantitative estimate of drug-likeness (QED) is 0.902. The van der Waals surface area contributed by atoms with Gasteiger partial charge in [-0.1, -0.05) is 38.1 Å². The van der Waals surface area contributed by atoms with Gasteiger partial charge in [0.05, 0.1) is 18.7 Å². The third-order valence-electron chi connectivity index (χ3n) is 3.90. The SMILES string of the molecule is CCc1ccc(C(N)c2c(F)cccc2OC)cc1CC. The Kier molecular flexibility index (Phi) is 4.97. The molecule has 0 saturated carbocycles. The lowest BCUT2D eigenvalue weighted by Crippen LogP contribution is -2.15. The fraction of sp³-hybridized carbons (Fsp3) is 0.333. The van der Waals surface area contributed by atoms with Crippen LogP contribution in [0.25, 0.3) is 0 Å². The van der Waals surface area contributed by atoms with Crippen molar-refractivity contribution in [3.8, 4) is 5.75 Å². The van der Waals surface area contributed by atoms with Crippen LogP contribution in [0.3, 0.4) is 0 Å². The van der Waals surface area contributed by atoms with Gasteiger partial charge in [-0.05, 0) is 41.7 Å². The maximum atomic E-state index is 14.1. The third kappa shape index (κ3) is 3.08. The molecule has 21 heavy (non-hydrogen) atoms. The van der Waals surface area contributed by atoms with Crippen LogP contribution in [-0.4, -0.2) is 7.11 Å². The van der Waals surface area contributed by atoms with Gasteiger partial charge in [0.2, 0.25) is 0 Å². The summed E-state index contributed by atoms with van der Waals surface area (Å²) in [5.41, 5.74) is 10.2. The molecule has 0 heterocycles. The lowest BCUT2D eigenvalue weighted by molar-refractivity contribution is 0.402. The first-order valence-corrected chi connectivity index (χ1v) is 7.32. The van der Waals surface area contributed by atoms with Crippen molar-refractivity contribution in [2.24, 2.45) is 5.73 Å². The predicted octanol–water partition coefficient (Wildman–Crippen LogP) is 4.01. The van der Waals surface area contributed by atoms with E-state index in [1.165, 1.54) is 24.3 Å². The Bertz CT molecular complexity index is 625. The van der Waals surface area contributed by atoms with Crippen molar-refractivity contribution < 1.29 is 9.13 Å². The standard InChI is InChI=1S/C18H22FNO/c1-4-12-9-10-14(11-13(12)5-2)18(20)17-15(19)7-6-8-16(17)21-3/h6-11,18H,4-5,20H2,1-3H3. The van der Waals surface area contributed by atoms with Crippen molar-refractivity contribution in [3.63, 3.8) is 0 Å². The van der Waals surface area contributed by atoms with Crippen LogP contribution in [0.4, 0.5) is 4.39 Å². The molecule has 2 nitrogen and oxygen atoms in total. The molecule has 0 aliphatic carbocycles. The van der Waals surface area contributed by atoms with Crippen LogP contribution >= 0.6 is 0 Å². The smallest absolute Gasteiger partial charge is 0.132 e. The van der Waals surface area contributed by atoms with Crippen LogP contribution in [0, 0.1) is 5.82 Å². The summed E-state index contributed by atoms with van der Waals surface area (Å²) in [7, 11) is 1.53. The molecule has 112 valence electrons. The Morgan fingerprint density at radius 2 is 1.81 bits per heavy atom. The number of aryl methyl sites for hydroxylation is 2. The minimum Gasteiger partial charge on any atom is -0.496 e. The summed E-state index contributed by atoms with van der Waals surface area (Å²) in [5.74, 6) is 0.152. The monoisotopic (exact) mass is 287 g/mol. The Hall–Kier alpha value is -1.87. The third-order valence-corrected chi connectivity index (χ3v) is 3.90. The summed E-state index contributed by atoms with van der Waals surface area (Å²) in [6.07, 6.45) is 1.93. The summed E-state index contributed by atoms with van der Waals surface area (Å²) in [4.78, 5) is 0. The highest BCUT2D eigenvalue weighted by atomic mass is 19.1. The summed E-state index contributed by atoms with van der Waals surface area (Å²) in [5, 5.41) is 0. The first-order valence-electron chi connectivity index (χ1n) is 7.32. The summed E-state index contributed by atoms with van der Waals surface area (Å²) < 4.78 is 19.4. The number of halogens is 1. The number of hydrogen-bond donors (Lipinski definition) is 1. The fourth-order valence-corrected chi connectivity index (χ4v) is 2.68. The number of ether oxygens (including phenoxy) is 1. The van der Waals surface area contributed by atoms with Crippen molar-refractivity contribution in [1.82, 2.24) is 0 Å². The molecule has 0 aliphatic heterocycles. The molecule has 0 radical (unpaired) electrons. The van der Waals surface area contributed by atoms with E-state index in [0.717, 1.165) is 18.4 Å². The van der Waals surface area contributed by atoms with Crippen molar-refractivity contribution in [1.29, 1.82) is 0 Å². The van der Waals surface area contributed by atoms with Gasteiger partial charge in [-0.15, -0.1) is 0 Å². The van der Waals surface area contributed by atoms with E-state index in [9.17, 15) is 4.39 Å². The van der Waals surface area contributed by atoms with E-state index in [1.54, 1.807) is 12.1 Å². The predicted molar refractivity (Wildman–Crippen MR) is 84.2 cm³/mol. The maximum Gasteiger partial charge on any atom is 0.132 e. The largest absolute Gasteiger partial charge is 0.496 e. The molecule has 0 spiro atoms. The molecule has 0 amide bonds. The molecule has 0 fully saturated rings. The van der Waals surface area contributed by atoms with E-state index in [2.05, 4.69) is 26.0 Å². The molecule has 2 N–H and O–H groups in total. The van der Waals surface area contributed by atoms with Gasteiger partial charge in [0, 0.05) is 0 Å². The van der Waals surface area contributed by atoms with Crippen LogP contribution < -0.4 is 10.5 Å². The van der Waals surface area contributed by atoms with Crippen LogP contribution in [0.2, 0.25) is 0 Å². The minimum atomic E-state index is -0.530. The molecular weight excluding hydrogens is 265 g/mol. The highest BCUT2D eigenvalue weighted by Crippen LogP contribution is 2.31. The Morgan fingerprint density at radius 3 is 2.43 bits per heavy atom. The highest BCUT2D eigenvalue weighted by Gasteiger charge is 2.19. The van der Waals surface area contributed by atoms with Gasteiger partial charge < -0.3 is 10.5 Å². The zero-order chi connectivity index (χ0) is 15.4. The molecule has 2 rings (SSSR count). The fourth-order valence-electron chi connectivity index (χ4n) is 2.68. The van der Waals surface area contributed by atoms with E-state index in [1.807, 2.05) is 6.07 Å². The zero-order valence-electron chi connectivity index (χ0n) is 12.8. The number of nitrogens with two attached hydrogens (primary N) is 1. The normalized spacial score (nSPS) is 12.2. The van der Waals surface area contributed by atoms with Crippen LogP contribution in [0.15, 0.2) is 36.4 Å². The van der Waals surface area contributed by atoms with Gasteiger partial charge in [-0.2, -0.15) is 0 Å². The number of benzene rings is 2. The molecule has 2 aromatic rings. The Balaban J connectivity index is 2.47. The van der Waals surface area contributed by atoms with Crippen molar-refractivity contribution >= 4 is 0 Å². The van der Waals surface area contributed by atoms with E-state index < -0.39 is 6.04 Å². The van der Waals surface area contributed by atoms with Crippen LogP contribution in [0.5, 0.6) is 5.75 Å². The maximum absolute atomic E-state index is 14.1. The van der Waals surface area contributed by atoms with Gasteiger partial charge >= 0.3 is 0 Å². The van der Waals surface area contributed by atoms with Gasteiger partial charge in [-0.25, -0.2) is 4.39 Å². The second-order valence-corrected chi connectivity index (χ2v) is 5.07. The van der Waals surface area contributed by atoms with Crippen LogP contribution in [-0.2, 0) is 12.8 Å². The molecular formula is C18H22FNO. The highest BCUT2D eigenvalue weighted by molar-refractivity contribution is 5.44. The number of hydrogen-bond acceptors (Lipinski definition) is 2. The van der Waals surface area contributed by atoms with E-state index >= 15 is 0 Å². The topological polar surface area (TPSA) is 35.2 Å². The molecule has 0 aromatic heterocycles. The second-order valence-electron chi connectivity index (χ2n) is 5.07. The van der Waals surface area contributed by atoms with Crippen molar-refractivity contribution in [2.75, 3.05) is 7.11 Å². The molecule has 0 saturated heterocycles. The lowest BCUT2D eigenvalue weighted by Gasteiger charge is -2.18. The average molecular weight is 287 g/mol. The van der Waals surface area contributed by atoms with Crippen molar-refractivity contribution in [2.45, 2.75) is 32.7 Å². The minimum absolute atomic E-state index is 0.334. The molecule has 0 bridgehead atoms. The number of rotatable bonds is 5. The Morgan fingerprint density at radius 1 is 1.10 bits per heavy atom. The summed E-state index contributed by atoms with van der Waals surface area (Å²) >= 11 is 0. The molecule has 0 aliphatic rings. The molecule has 1 atom stereocenters. The number of methoxy groups -OCH3 is 1. The van der Waals surface area contributed by atoms with E-state index in [-0.39, 0.29) is 5.82 Å². The van der Waals surface area contributed by atoms with Crippen LogP contribution in [0.1, 0.15) is 42.1 Å². The van der Waals surface area contributed by atoms with Gasteiger partial charge in [-0.3, -0.25) is 0 Å². The van der Waals surface area contributed by atoms with E-state index in [4.69, 9.17) is 10.5 Å². The van der Waals surface area contributed by atoms with Gasteiger partial charge in [0.1, 0.15) is 11.6 Å². The first-order chi connectivity index (χ1) is 10.1. The van der Waals surface area contributed by atoms with E-state index in [0.29, 0.717) is 11.3 Å². The Labute approximate surface area is 125 Å². The second kappa shape index (κ2) is 6.72. The summed E-state index contributed by atoms with van der Waals surface area (Å²) in [6.45, 7) is 4.25. The first kappa shape index (κ1) is 15.5. The lowest BCUT2D eigenvalue weighted by atomic mass is 9.93. The van der Waals surface area contributed by atoms with Gasteiger partial charge in [0.25, 0.3) is 0 Å². The summed E-state index contributed by atoms with van der Waals surface area (Å²) in [6, 6.07) is 10.4. The zero-order valence-corrected chi connectivity index (χ0v) is 12.8.